The molecule has 1 heterocycles. The van der Waals surface area contributed by atoms with Crippen LogP contribution in [0, 0.1) is 6.92 Å². The normalized spacial score (nSPS) is 12.1. The summed E-state index contributed by atoms with van der Waals surface area (Å²) in [6.07, 6.45) is 1.36. The van der Waals surface area contributed by atoms with Gasteiger partial charge in [0.15, 0.2) is 0 Å². The molecule has 1 amide bonds. The highest BCUT2D eigenvalue weighted by Gasteiger charge is 2.17. The second kappa shape index (κ2) is 3.91. The predicted molar refractivity (Wildman–Crippen MR) is 47.9 cm³/mol. The fraction of sp³-hybridized carbons (Fsp3) is 0.375. The molecule has 1 unspecified atom stereocenters. The number of rotatable bonds is 3. The highest BCUT2D eigenvalue weighted by Crippen LogP contribution is 2.02. The fourth-order valence-electron chi connectivity index (χ4n) is 0.916. The molecule has 0 aromatic carbocycles. The van der Waals surface area contributed by atoms with Crippen molar-refractivity contribution in [3.63, 3.8) is 0 Å². The van der Waals surface area contributed by atoms with Crippen LogP contribution in [0.5, 0.6) is 0 Å². The molecule has 76 valence electrons. The number of carbonyl (C=O) groups is 2. The van der Waals surface area contributed by atoms with Gasteiger partial charge in [-0.05, 0) is 13.8 Å². The van der Waals surface area contributed by atoms with Gasteiger partial charge in [-0.15, -0.1) is 0 Å². The van der Waals surface area contributed by atoms with Crippen LogP contribution in [0.4, 0.5) is 0 Å². The molecule has 1 rings (SSSR count). The maximum atomic E-state index is 11.4. The van der Waals surface area contributed by atoms with E-state index in [1.807, 2.05) is 0 Å². The van der Waals surface area contributed by atoms with Gasteiger partial charge in [0, 0.05) is 5.69 Å². The zero-order valence-electron chi connectivity index (χ0n) is 7.87. The average Bonchev–Trinajstić information content (AvgIpc) is 2.51. The van der Waals surface area contributed by atoms with Gasteiger partial charge in [-0.1, -0.05) is 0 Å². The van der Waals surface area contributed by atoms with E-state index in [1.54, 1.807) is 6.92 Å². The van der Waals surface area contributed by atoms with E-state index in [2.05, 4.69) is 15.5 Å². The second-order valence-electron chi connectivity index (χ2n) is 2.94. The van der Waals surface area contributed by atoms with Crippen molar-refractivity contribution in [3.05, 3.63) is 17.5 Å². The number of amides is 1. The van der Waals surface area contributed by atoms with E-state index in [9.17, 15) is 9.59 Å². The molecule has 0 bridgehead atoms. The van der Waals surface area contributed by atoms with E-state index in [4.69, 9.17) is 5.11 Å². The SMILES string of the molecule is Cc1[nH]ncc1C(=O)NC(C)C(=O)O. The van der Waals surface area contributed by atoms with Crippen molar-refractivity contribution >= 4 is 11.9 Å². The van der Waals surface area contributed by atoms with Crippen molar-refractivity contribution in [2.24, 2.45) is 0 Å². The molecule has 1 aromatic rings. The first-order chi connectivity index (χ1) is 6.52. The number of hydrogen-bond acceptors (Lipinski definition) is 3. The number of aromatic nitrogens is 2. The maximum Gasteiger partial charge on any atom is 0.325 e. The highest BCUT2D eigenvalue weighted by molar-refractivity contribution is 5.97. The summed E-state index contributed by atoms with van der Waals surface area (Å²) < 4.78 is 0. The molecule has 6 heteroatoms. The van der Waals surface area contributed by atoms with Crippen molar-refractivity contribution in [3.8, 4) is 0 Å². The molecule has 0 aliphatic rings. The number of hydrogen-bond donors (Lipinski definition) is 3. The lowest BCUT2D eigenvalue weighted by Gasteiger charge is -2.07. The summed E-state index contributed by atoms with van der Waals surface area (Å²) in [6, 6.07) is -0.906. The van der Waals surface area contributed by atoms with Gasteiger partial charge in [0.25, 0.3) is 5.91 Å². The van der Waals surface area contributed by atoms with Crippen LogP contribution in [-0.2, 0) is 4.79 Å². The Morgan fingerprint density at radius 3 is 2.71 bits per heavy atom. The molecule has 1 atom stereocenters. The minimum atomic E-state index is -1.07. The average molecular weight is 197 g/mol. The molecule has 14 heavy (non-hydrogen) atoms. The Morgan fingerprint density at radius 1 is 1.64 bits per heavy atom. The summed E-state index contributed by atoms with van der Waals surface area (Å²) in [4.78, 5) is 21.9. The Hall–Kier alpha value is -1.85. The number of H-pyrrole nitrogens is 1. The van der Waals surface area contributed by atoms with Crippen LogP contribution in [0.2, 0.25) is 0 Å². The Bertz CT molecular complexity index is 358. The standard InChI is InChI=1S/C8H11N3O3/c1-4-6(3-9-11-4)7(12)10-5(2)8(13)14/h3,5H,1-2H3,(H,9,11)(H,10,12)(H,13,14). The molecule has 0 aliphatic carbocycles. The second-order valence-corrected chi connectivity index (χ2v) is 2.94. The van der Waals surface area contributed by atoms with E-state index in [0.717, 1.165) is 0 Å². The number of carboxylic acid groups (broad SMARTS) is 1. The summed E-state index contributed by atoms with van der Waals surface area (Å²) in [5, 5.41) is 17.1. The van der Waals surface area contributed by atoms with Gasteiger partial charge in [0.1, 0.15) is 6.04 Å². The first kappa shape index (κ1) is 10.2. The molecule has 0 radical (unpaired) electrons. The third kappa shape index (κ3) is 2.09. The van der Waals surface area contributed by atoms with Crippen molar-refractivity contribution in [2.45, 2.75) is 19.9 Å². The maximum absolute atomic E-state index is 11.4. The molecule has 0 saturated heterocycles. The van der Waals surface area contributed by atoms with Crippen LogP contribution in [0.25, 0.3) is 0 Å². The zero-order chi connectivity index (χ0) is 10.7. The Kier molecular flexibility index (Phi) is 2.85. The Balaban J connectivity index is 2.69. The van der Waals surface area contributed by atoms with Crippen LogP contribution >= 0.6 is 0 Å². The number of nitrogens with zero attached hydrogens (tertiary/aromatic N) is 1. The number of aliphatic carboxylic acids is 1. The van der Waals surface area contributed by atoms with Gasteiger partial charge in [0.05, 0.1) is 11.8 Å². The van der Waals surface area contributed by atoms with E-state index in [0.29, 0.717) is 11.3 Å². The molecule has 0 aliphatic heterocycles. The number of aryl methyl sites for hydroxylation is 1. The Morgan fingerprint density at radius 2 is 2.29 bits per heavy atom. The van der Waals surface area contributed by atoms with E-state index in [-0.39, 0.29) is 0 Å². The number of nitrogens with one attached hydrogen (secondary N) is 2. The van der Waals surface area contributed by atoms with Crippen molar-refractivity contribution < 1.29 is 14.7 Å². The molecular weight excluding hydrogens is 186 g/mol. The first-order valence-electron chi connectivity index (χ1n) is 4.06. The van der Waals surface area contributed by atoms with Gasteiger partial charge in [-0.25, -0.2) is 0 Å². The fourth-order valence-corrected chi connectivity index (χ4v) is 0.916. The third-order valence-corrected chi connectivity index (χ3v) is 1.79. The molecule has 0 saturated carbocycles. The topological polar surface area (TPSA) is 95.1 Å². The van der Waals surface area contributed by atoms with Gasteiger partial charge < -0.3 is 10.4 Å². The van der Waals surface area contributed by atoms with E-state index < -0.39 is 17.9 Å². The minimum Gasteiger partial charge on any atom is -0.480 e. The van der Waals surface area contributed by atoms with Crippen molar-refractivity contribution in [1.82, 2.24) is 15.5 Å². The molecule has 6 nitrogen and oxygen atoms in total. The van der Waals surface area contributed by atoms with E-state index in [1.165, 1.54) is 13.1 Å². The third-order valence-electron chi connectivity index (χ3n) is 1.79. The van der Waals surface area contributed by atoms with Crippen molar-refractivity contribution in [1.29, 1.82) is 0 Å². The van der Waals surface area contributed by atoms with Crippen LogP contribution in [-0.4, -0.2) is 33.2 Å². The minimum absolute atomic E-state index is 0.359. The smallest absolute Gasteiger partial charge is 0.325 e. The van der Waals surface area contributed by atoms with Crippen molar-refractivity contribution in [2.75, 3.05) is 0 Å². The van der Waals surface area contributed by atoms with Gasteiger partial charge >= 0.3 is 5.97 Å². The zero-order valence-corrected chi connectivity index (χ0v) is 7.87. The summed E-state index contributed by atoms with van der Waals surface area (Å²) in [7, 11) is 0. The molecular formula is C8H11N3O3. The predicted octanol–water partition coefficient (Wildman–Crippen LogP) is -0.0790. The lowest BCUT2D eigenvalue weighted by atomic mass is 10.2. The largest absolute Gasteiger partial charge is 0.480 e. The van der Waals surface area contributed by atoms with Crippen LogP contribution in [0.15, 0.2) is 6.20 Å². The molecule has 3 N–H and O–H groups in total. The van der Waals surface area contributed by atoms with Gasteiger partial charge in [0.2, 0.25) is 0 Å². The van der Waals surface area contributed by atoms with Crippen LogP contribution in [0.1, 0.15) is 23.0 Å². The van der Waals surface area contributed by atoms with E-state index >= 15 is 0 Å². The summed E-state index contributed by atoms with van der Waals surface area (Å²) >= 11 is 0. The molecule has 1 aromatic heterocycles. The quantitative estimate of drug-likeness (QED) is 0.631. The summed E-state index contributed by atoms with van der Waals surface area (Å²) in [5.74, 6) is -1.51. The van der Waals surface area contributed by atoms with Crippen LogP contribution in [0.3, 0.4) is 0 Å². The van der Waals surface area contributed by atoms with Gasteiger partial charge in [-0.2, -0.15) is 5.10 Å². The van der Waals surface area contributed by atoms with Crippen LogP contribution < -0.4 is 5.32 Å². The number of carbonyl (C=O) groups excluding carboxylic acids is 1. The van der Waals surface area contributed by atoms with Gasteiger partial charge in [-0.3, -0.25) is 14.7 Å². The molecule has 0 spiro atoms. The summed E-state index contributed by atoms with van der Waals surface area (Å²) in [5.41, 5.74) is 0.971. The lowest BCUT2D eigenvalue weighted by Crippen LogP contribution is -2.38. The Labute approximate surface area is 80.3 Å². The summed E-state index contributed by atoms with van der Waals surface area (Å²) in [6.45, 7) is 3.09. The highest BCUT2D eigenvalue weighted by atomic mass is 16.4. The first-order valence-corrected chi connectivity index (χ1v) is 4.06. The molecule has 0 fully saturated rings. The number of aromatic amines is 1. The monoisotopic (exact) mass is 197 g/mol. The lowest BCUT2D eigenvalue weighted by molar-refractivity contribution is -0.138. The number of carboxylic acids is 1.